The second-order valence-electron chi connectivity index (χ2n) is 6.16. The predicted octanol–water partition coefficient (Wildman–Crippen LogP) is 2.29. The Hall–Kier alpha value is -1.95. The summed E-state index contributed by atoms with van der Waals surface area (Å²) >= 11 is 0. The molecule has 2 heterocycles. The van der Waals surface area contributed by atoms with Crippen LogP contribution >= 0.6 is 0 Å². The number of rotatable bonds is 7. The summed E-state index contributed by atoms with van der Waals surface area (Å²) in [4.78, 5) is 4.27. The SMILES string of the molecule is OC1(CNCc2ccccc2OCc2ccccn2)CCOCC1. The van der Waals surface area contributed by atoms with Crippen LogP contribution < -0.4 is 10.1 Å². The van der Waals surface area contributed by atoms with Crippen molar-refractivity contribution in [3.63, 3.8) is 0 Å². The lowest BCUT2D eigenvalue weighted by Crippen LogP contribution is -2.44. The minimum absolute atomic E-state index is 0.444. The molecule has 1 aliphatic rings. The van der Waals surface area contributed by atoms with Crippen molar-refractivity contribution < 1.29 is 14.6 Å². The van der Waals surface area contributed by atoms with Crippen LogP contribution in [0.5, 0.6) is 5.75 Å². The Morgan fingerprint density at radius 1 is 1.12 bits per heavy atom. The van der Waals surface area contributed by atoms with Gasteiger partial charge in [-0.15, -0.1) is 0 Å². The second kappa shape index (κ2) is 8.24. The minimum atomic E-state index is -0.665. The number of para-hydroxylation sites is 1. The molecule has 0 unspecified atom stereocenters. The highest BCUT2D eigenvalue weighted by Gasteiger charge is 2.29. The molecule has 24 heavy (non-hydrogen) atoms. The summed E-state index contributed by atoms with van der Waals surface area (Å²) in [7, 11) is 0. The van der Waals surface area contributed by atoms with E-state index in [0.717, 1.165) is 17.0 Å². The summed E-state index contributed by atoms with van der Waals surface area (Å²) in [5, 5.41) is 13.8. The standard InChI is InChI=1S/C19H24N2O3/c22-19(8-11-23-12-9-19)15-20-13-16-5-1-2-7-18(16)24-14-17-6-3-4-10-21-17/h1-7,10,20,22H,8-9,11-15H2. The van der Waals surface area contributed by atoms with Gasteiger partial charge in [0.05, 0.1) is 11.3 Å². The maximum atomic E-state index is 10.5. The molecule has 1 aromatic heterocycles. The van der Waals surface area contributed by atoms with E-state index in [2.05, 4.69) is 10.3 Å². The van der Waals surface area contributed by atoms with Crippen LogP contribution in [0.4, 0.5) is 0 Å². The third-order valence-electron chi connectivity index (χ3n) is 4.27. The number of aromatic nitrogens is 1. The van der Waals surface area contributed by atoms with Crippen molar-refractivity contribution in [2.24, 2.45) is 0 Å². The number of aliphatic hydroxyl groups is 1. The van der Waals surface area contributed by atoms with E-state index in [1.807, 2.05) is 42.5 Å². The van der Waals surface area contributed by atoms with Crippen LogP contribution in [0.2, 0.25) is 0 Å². The molecular formula is C19H24N2O3. The molecule has 2 aromatic rings. The summed E-state index contributed by atoms with van der Waals surface area (Å²) in [6, 6.07) is 13.7. The first kappa shape index (κ1) is 16.9. The van der Waals surface area contributed by atoms with Gasteiger partial charge in [0.25, 0.3) is 0 Å². The smallest absolute Gasteiger partial charge is 0.130 e. The van der Waals surface area contributed by atoms with E-state index in [1.165, 1.54) is 0 Å². The summed E-state index contributed by atoms with van der Waals surface area (Å²) in [6.07, 6.45) is 3.12. The average Bonchev–Trinajstić information content (AvgIpc) is 2.62. The lowest BCUT2D eigenvalue weighted by molar-refractivity contribution is -0.0617. The summed E-state index contributed by atoms with van der Waals surface area (Å²) < 4.78 is 11.2. The molecule has 0 spiro atoms. The lowest BCUT2D eigenvalue weighted by atomic mass is 9.94. The zero-order valence-corrected chi connectivity index (χ0v) is 13.8. The molecule has 128 valence electrons. The van der Waals surface area contributed by atoms with E-state index >= 15 is 0 Å². The number of nitrogens with one attached hydrogen (secondary N) is 1. The van der Waals surface area contributed by atoms with Gasteiger partial charge in [-0.25, -0.2) is 0 Å². The fourth-order valence-electron chi connectivity index (χ4n) is 2.78. The summed E-state index contributed by atoms with van der Waals surface area (Å²) in [6.45, 7) is 2.91. The van der Waals surface area contributed by atoms with Crippen LogP contribution in [0.15, 0.2) is 48.7 Å². The van der Waals surface area contributed by atoms with Crippen LogP contribution in [0.25, 0.3) is 0 Å². The average molecular weight is 328 g/mol. The maximum Gasteiger partial charge on any atom is 0.130 e. The Bertz CT molecular complexity index is 628. The molecule has 1 aliphatic heterocycles. The summed E-state index contributed by atoms with van der Waals surface area (Å²) in [5.41, 5.74) is 1.31. The van der Waals surface area contributed by atoms with Gasteiger partial charge in [0.1, 0.15) is 12.4 Å². The van der Waals surface area contributed by atoms with Crippen LogP contribution in [-0.2, 0) is 17.9 Å². The van der Waals surface area contributed by atoms with Gasteiger partial charge in [-0.1, -0.05) is 24.3 Å². The van der Waals surface area contributed by atoms with Gasteiger partial charge in [0, 0.05) is 50.9 Å². The predicted molar refractivity (Wildman–Crippen MR) is 91.7 cm³/mol. The van der Waals surface area contributed by atoms with E-state index < -0.39 is 5.60 Å². The minimum Gasteiger partial charge on any atom is -0.487 e. The van der Waals surface area contributed by atoms with Crippen LogP contribution in [0, 0.1) is 0 Å². The van der Waals surface area contributed by atoms with Gasteiger partial charge < -0.3 is 19.9 Å². The number of pyridine rings is 1. The molecule has 0 radical (unpaired) electrons. The molecule has 5 heteroatoms. The van der Waals surface area contributed by atoms with Gasteiger partial charge in [-0.3, -0.25) is 4.98 Å². The molecule has 1 saturated heterocycles. The fourth-order valence-corrected chi connectivity index (χ4v) is 2.78. The molecule has 5 nitrogen and oxygen atoms in total. The van der Waals surface area contributed by atoms with Gasteiger partial charge in [-0.05, 0) is 18.2 Å². The van der Waals surface area contributed by atoms with E-state index in [1.54, 1.807) is 6.20 Å². The van der Waals surface area contributed by atoms with Crippen molar-refractivity contribution in [1.29, 1.82) is 0 Å². The van der Waals surface area contributed by atoms with E-state index in [0.29, 0.717) is 45.8 Å². The Labute approximate surface area is 142 Å². The third kappa shape index (κ3) is 4.77. The number of ether oxygens (including phenoxy) is 2. The van der Waals surface area contributed by atoms with Crippen LogP contribution in [0.3, 0.4) is 0 Å². The molecule has 0 saturated carbocycles. The second-order valence-corrected chi connectivity index (χ2v) is 6.16. The number of nitrogens with zero attached hydrogens (tertiary/aromatic N) is 1. The Balaban J connectivity index is 1.54. The third-order valence-corrected chi connectivity index (χ3v) is 4.27. The van der Waals surface area contributed by atoms with Crippen molar-refractivity contribution in [1.82, 2.24) is 10.3 Å². The molecule has 2 N–H and O–H groups in total. The number of hydrogen-bond donors (Lipinski definition) is 2. The van der Waals surface area contributed by atoms with Crippen molar-refractivity contribution in [2.45, 2.75) is 31.6 Å². The first-order valence-corrected chi connectivity index (χ1v) is 8.37. The molecule has 3 rings (SSSR count). The molecule has 0 bridgehead atoms. The van der Waals surface area contributed by atoms with Crippen molar-refractivity contribution in [3.8, 4) is 5.75 Å². The van der Waals surface area contributed by atoms with Gasteiger partial charge in [0.2, 0.25) is 0 Å². The van der Waals surface area contributed by atoms with E-state index in [4.69, 9.17) is 9.47 Å². The van der Waals surface area contributed by atoms with Crippen LogP contribution in [-0.4, -0.2) is 35.5 Å². The normalized spacial score (nSPS) is 16.7. The molecular weight excluding hydrogens is 304 g/mol. The zero-order chi connectivity index (χ0) is 16.7. The fraction of sp³-hybridized carbons (Fsp3) is 0.421. The topological polar surface area (TPSA) is 63.6 Å². The van der Waals surface area contributed by atoms with Crippen molar-refractivity contribution in [3.05, 3.63) is 59.9 Å². The molecule has 1 aromatic carbocycles. The highest BCUT2D eigenvalue weighted by atomic mass is 16.5. The summed E-state index contributed by atoms with van der Waals surface area (Å²) in [5.74, 6) is 0.842. The number of benzene rings is 1. The Morgan fingerprint density at radius 3 is 2.71 bits per heavy atom. The Morgan fingerprint density at radius 2 is 1.92 bits per heavy atom. The van der Waals surface area contributed by atoms with E-state index in [-0.39, 0.29) is 0 Å². The number of hydrogen-bond acceptors (Lipinski definition) is 5. The monoisotopic (exact) mass is 328 g/mol. The maximum absolute atomic E-state index is 10.5. The van der Waals surface area contributed by atoms with Gasteiger partial charge in [-0.2, -0.15) is 0 Å². The highest BCUT2D eigenvalue weighted by Crippen LogP contribution is 2.21. The molecule has 0 aliphatic carbocycles. The largest absolute Gasteiger partial charge is 0.487 e. The molecule has 0 atom stereocenters. The molecule has 0 amide bonds. The van der Waals surface area contributed by atoms with E-state index in [9.17, 15) is 5.11 Å². The van der Waals surface area contributed by atoms with Gasteiger partial charge in [0.15, 0.2) is 0 Å². The van der Waals surface area contributed by atoms with Crippen molar-refractivity contribution in [2.75, 3.05) is 19.8 Å². The Kier molecular flexibility index (Phi) is 5.80. The highest BCUT2D eigenvalue weighted by molar-refractivity contribution is 5.33. The quantitative estimate of drug-likeness (QED) is 0.816. The zero-order valence-electron chi connectivity index (χ0n) is 13.8. The lowest BCUT2D eigenvalue weighted by Gasteiger charge is -2.32. The first-order valence-electron chi connectivity index (χ1n) is 8.37. The van der Waals surface area contributed by atoms with Crippen molar-refractivity contribution >= 4 is 0 Å². The first-order chi connectivity index (χ1) is 11.8. The molecule has 1 fully saturated rings. The van der Waals surface area contributed by atoms with Crippen LogP contribution in [0.1, 0.15) is 24.1 Å². The van der Waals surface area contributed by atoms with Gasteiger partial charge >= 0.3 is 0 Å².